The lowest BCUT2D eigenvalue weighted by atomic mass is 9.83. The van der Waals surface area contributed by atoms with E-state index in [4.69, 9.17) is 0 Å². The summed E-state index contributed by atoms with van der Waals surface area (Å²) >= 11 is 0. The zero-order chi connectivity index (χ0) is 20.3. The van der Waals surface area contributed by atoms with Crippen LogP contribution in [0.25, 0.3) is 6.08 Å². The van der Waals surface area contributed by atoms with Crippen LogP contribution >= 0.6 is 0 Å². The van der Waals surface area contributed by atoms with Crippen LogP contribution < -0.4 is 10.2 Å². The molecule has 1 saturated heterocycles. The highest BCUT2D eigenvalue weighted by Crippen LogP contribution is 2.27. The minimum Gasteiger partial charge on any atom is -0.422 e. The molecule has 1 fully saturated rings. The molecule has 3 rings (SSSR count). The van der Waals surface area contributed by atoms with Crippen LogP contribution in [0.2, 0.25) is 0 Å². The first-order valence-corrected chi connectivity index (χ1v) is 9.20. The van der Waals surface area contributed by atoms with Crippen LogP contribution in [-0.2, 0) is 9.59 Å². The Morgan fingerprint density at radius 3 is 2.54 bits per heavy atom. The molecule has 1 atom stereocenters. The van der Waals surface area contributed by atoms with Gasteiger partial charge in [0.2, 0.25) is 11.8 Å². The van der Waals surface area contributed by atoms with Gasteiger partial charge in [0.15, 0.2) is 0 Å². The number of benzene rings is 2. The van der Waals surface area contributed by atoms with Gasteiger partial charge in [-0.25, -0.2) is 0 Å². The number of amides is 2. The SMILES string of the molecule is Cc1ccc(/C=C(/NC(=O)C2CCC(=O)N2c2ccccc2)B(O)O)c(C)c1. The normalized spacial score (nSPS) is 17.0. The first kappa shape index (κ1) is 19.9. The van der Waals surface area contributed by atoms with Gasteiger partial charge in [-0.15, -0.1) is 0 Å². The molecular weight excluding hydrogens is 355 g/mol. The number of hydrogen-bond acceptors (Lipinski definition) is 4. The highest BCUT2D eigenvalue weighted by molar-refractivity contribution is 6.52. The summed E-state index contributed by atoms with van der Waals surface area (Å²) in [5.41, 5.74) is 3.44. The fourth-order valence-corrected chi connectivity index (χ4v) is 3.40. The Kier molecular flexibility index (Phi) is 5.97. The van der Waals surface area contributed by atoms with Crippen LogP contribution in [0, 0.1) is 13.8 Å². The predicted octanol–water partition coefficient (Wildman–Crippen LogP) is 1.97. The molecule has 1 heterocycles. The Balaban J connectivity index is 1.84. The number of nitrogens with one attached hydrogen (secondary N) is 1. The van der Waals surface area contributed by atoms with Crippen molar-refractivity contribution in [1.82, 2.24) is 5.32 Å². The molecule has 1 aliphatic heterocycles. The third-order valence-corrected chi connectivity index (χ3v) is 4.83. The summed E-state index contributed by atoms with van der Waals surface area (Å²) in [5, 5.41) is 22.1. The van der Waals surface area contributed by atoms with Crippen molar-refractivity contribution in [1.29, 1.82) is 0 Å². The van der Waals surface area contributed by atoms with Crippen molar-refractivity contribution in [2.45, 2.75) is 32.7 Å². The quantitative estimate of drug-likeness (QED) is 0.694. The topological polar surface area (TPSA) is 89.9 Å². The van der Waals surface area contributed by atoms with Crippen molar-refractivity contribution in [3.05, 3.63) is 70.8 Å². The molecule has 0 radical (unpaired) electrons. The minimum absolute atomic E-state index is 0.0238. The summed E-state index contributed by atoms with van der Waals surface area (Å²) in [6.45, 7) is 3.88. The van der Waals surface area contributed by atoms with Crippen LogP contribution in [0.15, 0.2) is 54.1 Å². The molecule has 7 heteroatoms. The van der Waals surface area contributed by atoms with Gasteiger partial charge in [-0.05, 0) is 49.6 Å². The predicted molar refractivity (Wildman–Crippen MR) is 109 cm³/mol. The standard InChI is InChI=1S/C21H23BN2O4/c1-14-8-9-16(15(2)12-14)13-19(22(27)28)23-21(26)18-10-11-20(25)24(18)17-6-4-3-5-7-17/h3-9,12-13,18,27-28H,10-11H2,1-2H3,(H,23,26)/b19-13+. The highest BCUT2D eigenvalue weighted by atomic mass is 16.4. The average molecular weight is 378 g/mol. The van der Waals surface area contributed by atoms with Gasteiger partial charge in [0.1, 0.15) is 6.04 Å². The van der Waals surface area contributed by atoms with Gasteiger partial charge >= 0.3 is 7.12 Å². The molecule has 2 amide bonds. The first-order chi connectivity index (χ1) is 13.4. The number of para-hydroxylation sites is 1. The number of aryl methyl sites for hydroxylation is 2. The Morgan fingerprint density at radius 1 is 1.18 bits per heavy atom. The number of rotatable bonds is 5. The summed E-state index contributed by atoms with van der Waals surface area (Å²) in [6, 6.07) is 14.0. The maximum atomic E-state index is 12.9. The van der Waals surface area contributed by atoms with Crippen molar-refractivity contribution < 1.29 is 19.6 Å². The summed E-state index contributed by atoms with van der Waals surface area (Å²) in [4.78, 5) is 26.6. The molecule has 0 aromatic heterocycles. The largest absolute Gasteiger partial charge is 0.505 e. The summed E-state index contributed by atoms with van der Waals surface area (Å²) in [6.07, 6.45) is 2.18. The van der Waals surface area contributed by atoms with E-state index in [0.717, 1.165) is 16.7 Å². The second-order valence-corrected chi connectivity index (χ2v) is 6.98. The molecule has 0 saturated carbocycles. The van der Waals surface area contributed by atoms with Crippen LogP contribution in [0.1, 0.15) is 29.5 Å². The van der Waals surface area contributed by atoms with Gasteiger partial charge in [-0.3, -0.25) is 14.5 Å². The van der Waals surface area contributed by atoms with E-state index in [1.54, 1.807) is 30.3 Å². The van der Waals surface area contributed by atoms with Crippen molar-refractivity contribution in [2.75, 3.05) is 4.90 Å². The molecule has 28 heavy (non-hydrogen) atoms. The van der Waals surface area contributed by atoms with E-state index in [2.05, 4.69) is 5.32 Å². The molecule has 144 valence electrons. The molecule has 0 bridgehead atoms. The maximum absolute atomic E-state index is 12.9. The number of anilines is 1. The van der Waals surface area contributed by atoms with Gasteiger partial charge in [0.05, 0.1) is 0 Å². The maximum Gasteiger partial charge on any atom is 0.505 e. The second-order valence-electron chi connectivity index (χ2n) is 6.98. The Hall–Kier alpha value is -2.90. The minimum atomic E-state index is -1.84. The van der Waals surface area contributed by atoms with Gasteiger partial charge in [0.25, 0.3) is 0 Å². The van der Waals surface area contributed by atoms with E-state index in [9.17, 15) is 19.6 Å². The zero-order valence-electron chi connectivity index (χ0n) is 15.9. The molecule has 3 N–H and O–H groups in total. The molecule has 6 nitrogen and oxygen atoms in total. The Labute approximate surface area is 164 Å². The highest BCUT2D eigenvalue weighted by Gasteiger charge is 2.37. The van der Waals surface area contributed by atoms with Crippen molar-refractivity contribution >= 4 is 30.7 Å². The third kappa shape index (κ3) is 4.32. The lowest BCUT2D eigenvalue weighted by Gasteiger charge is -2.24. The fourth-order valence-electron chi connectivity index (χ4n) is 3.40. The van der Waals surface area contributed by atoms with Gasteiger partial charge in [-0.1, -0.05) is 42.0 Å². The number of hydrogen-bond donors (Lipinski definition) is 3. The van der Waals surface area contributed by atoms with Crippen molar-refractivity contribution in [3.8, 4) is 0 Å². The smallest absolute Gasteiger partial charge is 0.422 e. The number of nitrogens with zero attached hydrogens (tertiary/aromatic N) is 1. The van der Waals surface area contributed by atoms with E-state index in [1.165, 1.54) is 4.90 Å². The van der Waals surface area contributed by atoms with Gasteiger partial charge < -0.3 is 15.4 Å². The molecule has 2 aromatic carbocycles. The molecule has 0 spiro atoms. The van der Waals surface area contributed by atoms with E-state index in [-0.39, 0.29) is 17.9 Å². The molecule has 0 aliphatic carbocycles. The van der Waals surface area contributed by atoms with Crippen LogP contribution in [0.3, 0.4) is 0 Å². The van der Waals surface area contributed by atoms with Crippen LogP contribution in [0.4, 0.5) is 5.69 Å². The monoisotopic (exact) mass is 378 g/mol. The second kappa shape index (κ2) is 8.41. The Morgan fingerprint density at radius 2 is 1.89 bits per heavy atom. The molecule has 1 unspecified atom stereocenters. The summed E-state index contributed by atoms with van der Waals surface area (Å²) < 4.78 is 0. The number of carbonyl (C=O) groups is 2. The molecule has 1 aliphatic rings. The average Bonchev–Trinajstić information content (AvgIpc) is 3.05. The molecular formula is C21H23BN2O4. The van der Waals surface area contributed by atoms with Crippen LogP contribution in [0.5, 0.6) is 0 Å². The van der Waals surface area contributed by atoms with Gasteiger partial charge in [0, 0.05) is 17.7 Å². The summed E-state index contributed by atoms with van der Waals surface area (Å²) in [5.74, 6) is -0.574. The van der Waals surface area contributed by atoms with E-state index >= 15 is 0 Å². The lowest BCUT2D eigenvalue weighted by molar-refractivity contribution is -0.123. The van der Waals surface area contributed by atoms with Crippen molar-refractivity contribution in [3.63, 3.8) is 0 Å². The van der Waals surface area contributed by atoms with E-state index < -0.39 is 19.1 Å². The van der Waals surface area contributed by atoms with Crippen molar-refractivity contribution in [2.24, 2.45) is 0 Å². The van der Waals surface area contributed by atoms with E-state index in [1.807, 2.05) is 38.1 Å². The third-order valence-electron chi connectivity index (χ3n) is 4.83. The zero-order valence-corrected chi connectivity index (χ0v) is 15.9. The number of carbonyl (C=O) groups excluding carboxylic acids is 2. The van der Waals surface area contributed by atoms with Crippen LogP contribution in [-0.4, -0.2) is 35.0 Å². The Bertz CT molecular complexity index is 912. The fraction of sp³-hybridized carbons (Fsp3) is 0.238. The lowest BCUT2D eigenvalue weighted by Crippen LogP contribution is -2.46. The summed E-state index contributed by atoms with van der Waals surface area (Å²) in [7, 11) is -1.84. The molecule has 2 aromatic rings. The van der Waals surface area contributed by atoms with Gasteiger partial charge in [-0.2, -0.15) is 0 Å². The first-order valence-electron chi connectivity index (χ1n) is 9.20. The van der Waals surface area contributed by atoms with E-state index in [0.29, 0.717) is 12.1 Å².